The number of piperazine rings is 1. The number of rotatable bonds is 5. The summed E-state index contributed by atoms with van der Waals surface area (Å²) in [6, 6.07) is 18.0. The average molecular weight is 433 g/mol. The number of nitrogens with zero attached hydrogens (tertiary/aromatic N) is 4. The Kier molecular flexibility index (Phi) is 5.53. The Balaban J connectivity index is 1.17. The third-order valence-corrected chi connectivity index (χ3v) is 6.68. The van der Waals surface area contributed by atoms with Gasteiger partial charge in [-0.25, -0.2) is 9.97 Å². The second-order valence-corrected chi connectivity index (χ2v) is 8.91. The van der Waals surface area contributed by atoms with E-state index >= 15 is 0 Å². The van der Waals surface area contributed by atoms with Gasteiger partial charge in [-0.3, -0.25) is 9.69 Å². The van der Waals surface area contributed by atoms with E-state index in [1.54, 1.807) is 11.3 Å². The normalized spacial score (nSPS) is 14.9. The van der Waals surface area contributed by atoms with Crippen LogP contribution in [0.25, 0.3) is 21.7 Å². The van der Waals surface area contributed by atoms with Crippen LogP contribution >= 0.6 is 11.3 Å². The third-order valence-electron chi connectivity index (χ3n) is 5.65. The minimum atomic E-state index is 0.107. The first kappa shape index (κ1) is 19.9. The van der Waals surface area contributed by atoms with Gasteiger partial charge < -0.3 is 9.32 Å². The Morgan fingerprint density at radius 2 is 1.74 bits per heavy atom. The van der Waals surface area contributed by atoms with Gasteiger partial charge in [0.2, 0.25) is 11.8 Å². The Morgan fingerprint density at radius 3 is 2.52 bits per heavy atom. The predicted octanol–water partition coefficient (Wildman–Crippen LogP) is 4.15. The number of amides is 1. The SMILES string of the molecule is Cc1oc(-c2ccccc2)nc1CC(=O)N1CCN(Cc2nc3ccccc3s2)CC1. The second kappa shape index (κ2) is 8.61. The van der Waals surface area contributed by atoms with Crippen molar-refractivity contribution in [1.82, 2.24) is 19.8 Å². The fourth-order valence-corrected chi connectivity index (χ4v) is 4.90. The largest absolute Gasteiger partial charge is 0.441 e. The molecule has 158 valence electrons. The molecule has 2 aromatic heterocycles. The molecule has 0 aliphatic carbocycles. The molecule has 1 amide bonds. The van der Waals surface area contributed by atoms with Crippen LogP contribution in [0.4, 0.5) is 0 Å². The summed E-state index contributed by atoms with van der Waals surface area (Å²) >= 11 is 1.75. The number of benzene rings is 2. The van der Waals surface area contributed by atoms with E-state index in [1.807, 2.05) is 54.3 Å². The highest BCUT2D eigenvalue weighted by Gasteiger charge is 2.24. The van der Waals surface area contributed by atoms with Gasteiger partial charge >= 0.3 is 0 Å². The Bertz CT molecular complexity index is 1160. The van der Waals surface area contributed by atoms with Gasteiger partial charge in [0.15, 0.2) is 0 Å². The zero-order valence-corrected chi connectivity index (χ0v) is 18.3. The van der Waals surface area contributed by atoms with Crippen molar-refractivity contribution in [2.75, 3.05) is 26.2 Å². The summed E-state index contributed by atoms with van der Waals surface area (Å²) in [6.07, 6.45) is 0.278. The first-order valence-corrected chi connectivity index (χ1v) is 11.3. The maximum atomic E-state index is 12.9. The molecule has 1 fully saturated rings. The van der Waals surface area contributed by atoms with E-state index in [0.717, 1.165) is 54.5 Å². The number of carbonyl (C=O) groups is 1. The van der Waals surface area contributed by atoms with E-state index in [9.17, 15) is 4.79 Å². The van der Waals surface area contributed by atoms with Gasteiger partial charge in [-0.2, -0.15) is 0 Å². The quantitative estimate of drug-likeness (QED) is 0.474. The highest BCUT2D eigenvalue weighted by Crippen LogP contribution is 2.24. The topological polar surface area (TPSA) is 62.5 Å². The molecule has 1 saturated heterocycles. The number of para-hydroxylation sites is 1. The van der Waals surface area contributed by atoms with Gasteiger partial charge in [0.1, 0.15) is 10.8 Å². The molecule has 1 aliphatic rings. The van der Waals surface area contributed by atoms with Crippen LogP contribution in [0.2, 0.25) is 0 Å². The fourth-order valence-electron chi connectivity index (χ4n) is 3.89. The highest BCUT2D eigenvalue weighted by atomic mass is 32.1. The van der Waals surface area contributed by atoms with Crippen LogP contribution < -0.4 is 0 Å². The van der Waals surface area contributed by atoms with Crippen molar-refractivity contribution in [3.63, 3.8) is 0 Å². The van der Waals surface area contributed by atoms with E-state index in [2.05, 4.69) is 22.0 Å². The summed E-state index contributed by atoms with van der Waals surface area (Å²) in [6.45, 7) is 5.88. The minimum absolute atomic E-state index is 0.107. The van der Waals surface area contributed by atoms with Crippen molar-refractivity contribution < 1.29 is 9.21 Å². The number of hydrogen-bond acceptors (Lipinski definition) is 6. The minimum Gasteiger partial charge on any atom is -0.441 e. The molecule has 3 heterocycles. The molecule has 7 heteroatoms. The van der Waals surface area contributed by atoms with Crippen molar-refractivity contribution in [3.05, 3.63) is 71.1 Å². The maximum Gasteiger partial charge on any atom is 0.228 e. The standard InChI is InChI=1S/C24H24N4O2S/c1-17-20(26-24(30-17)18-7-3-2-4-8-18)15-23(29)28-13-11-27(12-14-28)16-22-25-19-9-5-6-10-21(19)31-22/h2-10H,11-16H2,1H3. The van der Waals surface area contributed by atoms with E-state index in [0.29, 0.717) is 11.7 Å². The summed E-state index contributed by atoms with van der Waals surface area (Å²) in [5.41, 5.74) is 2.71. The molecule has 0 saturated carbocycles. The van der Waals surface area contributed by atoms with Gasteiger partial charge in [-0.1, -0.05) is 30.3 Å². The molecule has 5 rings (SSSR count). The second-order valence-electron chi connectivity index (χ2n) is 7.80. The van der Waals surface area contributed by atoms with Crippen LogP contribution in [-0.4, -0.2) is 51.9 Å². The molecular weight excluding hydrogens is 408 g/mol. The van der Waals surface area contributed by atoms with Crippen molar-refractivity contribution in [2.45, 2.75) is 19.9 Å². The zero-order chi connectivity index (χ0) is 21.2. The van der Waals surface area contributed by atoms with E-state index in [4.69, 9.17) is 9.40 Å². The van der Waals surface area contributed by atoms with Crippen LogP contribution in [0.1, 0.15) is 16.5 Å². The number of aryl methyl sites for hydroxylation is 1. The molecular formula is C24H24N4O2S. The Labute approximate surface area is 185 Å². The maximum absolute atomic E-state index is 12.9. The van der Waals surface area contributed by atoms with Gasteiger partial charge in [-0.05, 0) is 31.2 Å². The van der Waals surface area contributed by atoms with E-state index in [-0.39, 0.29) is 12.3 Å². The Morgan fingerprint density at radius 1 is 1.00 bits per heavy atom. The highest BCUT2D eigenvalue weighted by molar-refractivity contribution is 7.18. The summed E-state index contributed by atoms with van der Waals surface area (Å²) in [5, 5.41) is 1.13. The van der Waals surface area contributed by atoms with Crippen LogP contribution in [0.15, 0.2) is 59.0 Å². The average Bonchev–Trinajstić information content (AvgIpc) is 3.37. The number of hydrogen-bond donors (Lipinski definition) is 0. The molecule has 0 atom stereocenters. The fraction of sp³-hybridized carbons (Fsp3) is 0.292. The van der Waals surface area contributed by atoms with Gasteiger partial charge in [0, 0.05) is 31.7 Å². The van der Waals surface area contributed by atoms with Crippen LogP contribution in [0.3, 0.4) is 0 Å². The van der Waals surface area contributed by atoms with Crippen LogP contribution in [0.5, 0.6) is 0 Å². The number of fused-ring (bicyclic) bond motifs is 1. The summed E-state index contributed by atoms with van der Waals surface area (Å²) < 4.78 is 7.03. The lowest BCUT2D eigenvalue weighted by atomic mass is 10.2. The molecule has 0 spiro atoms. The van der Waals surface area contributed by atoms with Crippen molar-refractivity contribution in [3.8, 4) is 11.5 Å². The van der Waals surface area contributed by atoms with E-state index in [1.165, 1.54) is 4.70 Å². The van der Waals surface area contributed by atoms with Crippen molar-refractivity contribution in [1.29, 1.82) is 0 Å². The first-order chi connectivity index (χ1) is 15.2. The first-order valence-electron chi connectivity index (χ1n) is 10.5. The number of aromatic nitrogens is 2. The summed E-state index contributed by atoms with van der Waals surface area (Å²) in [7, 11) is 0. The van der Waals surface area contributed by atoms with Crippen LogP contribution in [0, 0.1) is 6.92 Å². The Hall–Kier alpha value is -3.03. The van der Waals surface area contributed by atoms with Gasteiger partial charge in [0.05, 0.1) is 28.9 Å². The molecule has 1 aliphatic heterocycles. The molecule has 0 unspecified atom stereocenters. The molecule has 2 aromatic carbocycles. The molecule has 31 heavy (non-hydrogen) atoms. The molecule has 4 aromatic rings. The number of carbonyl (C=O) groups excluding carboxylic acids is 1. The lowest BCUT2D eigenvalue weighted by Crippen LogP contribution is -2.48. The molecule has 0 N–H and O–H groups in total. The molecule has 0 radical (unpaired) electrons. The summed E-state index contributed by atoms with van der Waals surface area (Å²) in [5.74, 6) is 1.39. The van der Waals surface area contributed by atoms with Crippen molar-refractivity contribution in [2.24, 2.45) is 0 Å². The molecule has 6 nitrogen and oxygen atoms in total. The van der Waals surface area contributed by atoms with Crippen LogP contribution in [-0.2, 0) is 17.8 Å². The van der Waals surface area contributed by atoms with Gasteiger partial charge in [-0.15, -0.1) is 11.3 Å². The van der Waals surface area contributed by atoms with E-state index < -0.39 is 0 Å². The van der Waals surface area contributed by atoms with Crippen molar-refractivity contribution >= 4 is 27.5 Å². The smallest absolute Gasteiger partial charge is 0.228 e. The third kappa shape index (κ3) is 4.38. The predicted molar refractivity (Wildman–Crippen MR) is 122 cm³/mol. The lowest BCUT2D eigenvalue weighted by Gasteiger charge is -2.34. The van der Waals surface area contributed by atoms with Gasteiger partial charge in [0.25, 0.3) is 0 Å². The number of thiazole rings is 1. The summed E-state index contributed by atoms with van der Waals surface area (Å²) in [4.78, 5) is 26.5. The zero-order valence-electron chi connectivity index (χ0n) is 17.5. The monoisotopic (exact) mass is 432 g/mol. The number of oxazole rings is 1. The molecule has 0 bridgehead atoms. The lowest BCUT2D eigenvalue weighted by molar-refractivity contribution is -0.132.